The number of nitrogens with zero attached hydrogens (tertiary/aromatic N) is 1. The maximum Gasteiger partial charge on any atom is 0.421 e. The van der Waals surface area contributed by atoms with Gasteiger partial charge in [-0.25, -0.2) is 4.79 Å². The number of carbonyl (C=O) groups is 1. The number of para-hydroxylation sites is 1. The van der Waals surface area contributed by atoms with Gasteiger partial charge in [-0.2, -0.15) is 4.90 Å². The molecule has 0 fully saturated rings. The van der Waals surface area contributed by atoms with Gasteiger partial charge in [0, 0.05) is 0 Å². The summed E-state index contributed by atoms with van der Waals surface area (Å²) in [4.78, 5) is 28.0. The number of anilines is 1. The zero-order valence-corrected chi connectivity index (χ0v) is 15.3. The summed E-state index contributed by atoms with van der Waals surface area (Å²) in [7, 11) is 0. The lowest BCUT2D eigenvalue weighted by atomic mass is 10.1. The molecular formula is C21H21N2O5+. The zero-order valence-electron chi connectivity index (χ0n) is 15.3. The van der Waals surface area contributed by atoms with E-state index in [1.54, 1.807) is 24.3 Å². The van der Waals surface area contributed by atoms with Crippen molar-refractivity contribution in [3.05, 3.63) is 75.9 Å². The molecule has 1 amide bonds. The Morgan fingerprint density at radius 2 is 1.89 bits per heavy atom. The molecule has 7 nitrogen and oxygen atoms in total. The van der Waals surface area contributed by atoms with Gasteiger partial charge in [0.2, 0.25) is 11.3 Å². The van der Waals surface area contributed by atoms with E-state index < -0.39 is 6.09 Å². The molecule has 4 rings (SSSR count). The second-order valence-corrected chi connectivity index (χ2v) is 6.74. The monoisotopic (exact) mass is 381 g/mol. The maximum absolute atomic E-state index is 13.0. The van der Waals surface area contributed by atoms with Crippen molar-refractivity contribution in [2.75, 3.05) is 24.7 Å². The third-order valence-corrected chi connectivity index (χ3v) is 4.82. The average molecular weight is 381 g/mol. The number of benzene rings is 2. The van der Waals surface area contributed by atoms with E-state index in [0.717, 1.165) is 10.5 Å². The summed E-state index contributed by atoms with van der Waals surface area (Å²) in [5.41, 5.74) is 1.56. The summed E-state index contributed by atoms with van der Waals surface area (Å²) in [5.74, 6) is 0.225. The number of hydrogen-bond acceptors (Lipinski definition) is 5. The van der Waals surface area contributed by atoms with Crippen molar-refractivity contribution in [2.24, 2.45) is 0 Å². The van der Waals surface area contributed by atoms with Crippen molar-refractivity contribution in [1.82, 2.24) is 0 Å². The highest BCUT2D eigenvalue weighted by atomic mass is 16.6. The van der Waals surface area contributed by atoms with Crippen LogP contribution in [0.25, 0.3) is 11.0 Å². The van der Waals surface area contributed by atoms with Gasteiger partial charge in [0.05, 0.1) is 12.0 Å². The van der Waals surface area contributed by atoms with E-state index in [1.807, 2.05) is 30.3 Å². The first-order chi connectivity index (χ1) is 13.7. The topological polar surface area (TPSA) is 84.4 Å². The van der Waals surface area contributed by atoms with Gasteiger partial charge in [0.25, 0.3) is 0 Å². The number of rotatable bonds is 4. The van der Waals surface area contributed by atoms with Gasteiger partial charge >= 0.3 is 6.09 Å². The van der Waals surface area contributed by atoms with Crippen LogP contribution in [0.1, 0.15) is 11.1 Å². The lowest BCUT2D eigenvalue weighted by Gasteiger charge is -2.31. The lowest BCUT2D eigenvalue weighted by Crippen LogP contribution is -3.14. The Morgan fingerprint density at radius 3 is 2.68 bits per heavy atom. The molecule has 2 heterocycles. The molecule has 2 aromatic carbocycles. The van der Waals surface area contributed by atoms with Crippen LogP contribution in [0.5, 0.6) is 0 Å². The second-order valence-electron chi connectivity index (χ2n) is 6.74. The summed E-state index contributed by atoms with van der Waals surface area (Å²) in [5, 5.41) is 9.80. The number of quaternary nitrogens is 1. The van der Waals surface area contributed by atoms with Crippen molar-refractivity contribution in [1.29, 1.82) is 0 Å². The molecule has 1 aliphatic heterocycles. The van der Waals surface area contributed by atoms with Gasteiger partial charge in [0.1, 0.15) is 30.8 Å². The molecule has 0 aliphatic carbocycles. The number of aliphatic hydroxyl groups excluding tert-OH is 1. The molecule has 28 heavy (non-hydrogen) atoms. The quantitative estimate of drug-likeness (QED) is 0.711. The molecule has 1 atom stereocenters. The van der Waals surface area contributed by atoms with Gasteiger partial charge in [-0.3, -0.25) is 4.79 Å². The highest BCUT2D eigenvalue weighted by Crippen LogP contribution is 2.25. The minimum Gasteiger partial charge on any atom is -0.444 e. The highest BCUT2D eigenvalue weighted by molar-refractivity contribution is 5.89. The largest absolute Gasteiger partial charge is 0.444 e. The fraction of sp³-hybridized carbons (Fsp3) is 0.238. The number of nitrogens with one attached hydrogen (secondary N) is 1. The molecule has 1 aliphatic rings. The Kier molecular flexibility index (Phi) is 5.10. The van der Waals surface area contributed by atoms with E-state index in [1.165, 1.54) is 4.90 Å². The number of aliphatic hydroxyl groups is 1. The van der Waals surface area contributed by atoms with Crippen molar-refractivity contribution < 1.29 is 24.0 Å². The second kappa shape index (κ2) is 7.84. The predicted octanol–water partition coefficient (Wildman–Crippen LogP) is 1.28. The van der Waals surface area contributed by atoms with Gasteiger partial charge in [-0.05, 0) is 17.7 Å². The van der Waals surface area contributed by atoms with Gasteiger partial charge in [-0.1, -0.05) is 42.5 Å². The van der Waals surface area contributed by atoms with Crippen LogP contribution in [0.3, 0.4) is 0 Å². The first-order valence-electron chi connectivity index (χ1n) is 9.14. The molecule has 3 aromatic rings. The minimum absolute atomic E-state index is 0.0452. The molecule has 7 heteroatoms. The van der Waals surface area contributed by atoms with Crippen LogP contribution in [0.2, 0.25) is 0 Å². The smallest absolute Gasteiger partial charge is 0.421 e. The first-order valence-corrected chi connectivity index (χ1v) is 9.14. The van der Waals surface area contributed by atoms with E-state index in [4.69, 9.17) is 9.15 Å². The lowest BCUT2D eigenvalue weighted by molar-refractivity contribution is -0.915. The minimum atomic E-state index is -0.585. The Bertz CT molecular complexity index is 1050. The van der Waals surface area contributed by atoms with Crippen molar-refractivity contribution in [2.45, 2.75) is 13.2 Å². The van der Waals surface area contributed by atoms with Crippen LogP contribution in [-0.2, 0) is 17.9 Å². The molecule has 2 N–H and O–H groups in total. The van der Waals surface area contributed by atoms with Crippen LogP contribution in [0, 0.1) is 0 Å². The molecule has 0 saturated heterocycles. The van der Waals surface area contributed by atoms with E-state index in [0.29, 0.717) is 29.6 Å². The number of carbonyl (C=O) groups excluding carboxylic acids is 1. The number of amides is 1. The molecule has 144 valence electrons. The summed E-state index contributed by atoms with van der Waals surface area (Å²) in [6.07, 6.45) is -0.585. The van der Waals surface area contributed by atoms with Crippen LogP contribution >= 0.6 is 0 Å². The number of hydrogen-bond donors (Lipinski definition) is 2. The third kappa shape index (κ3) is 3.49. The molecule has 0 saturated carbocycles. The van der Waals surface area contributed by atoms with E-state index in [9.17, 15) is 14.7 Å². The molecule has 1 unspecified atom stereocenters. The first kappa shape index (κ1) is 18.2. The van der Waals surface area contributed by atoms with Gasteiger partial charge < -0.3 is 19.2 Å². The van der Waals surface area contributed by atoms with E-state index >= 15 is 0 Å². The average Bonchev–Trinajstić information content (AvgIpc) is 2.73. The van der Waals surface area contributed by atoms with E-state index in [2.05, 4.69) is 0 Å². The Hall–Kier alpha value is -3.16. The molecular weight excluding hydrogens is 360 g/mol. The normalized spacial score (nSPS) is 16.0. The fourth-order valence-electron chi connectivity index (χ4n) is 3.41. The SMILES string of the molecule is O=C(OCc1ccccc1)N1C[NH+](CCO)Cc2c1oc1ccccc1c2=O. The van der Waals surface area contributed by atoms with Crippen molar-refractivity contribution in [3.63, 3.8) is 0 Å². The molecule has 1 aromatic heterocycles. The fourth-order valence-corrected chi connectivity index (χ4v) is 3.41. The third-order valence-electron chi connectivity index (χ3n) is 4.82. The van der Waals surface area contributed by atoms with Crippen molar-refractivity contribution >= 4 is 22.9 Å². The Labute approximate surface area is 161 Å². The molecule has 0 spiro atoms. The summed E-state index contributed by atoms with van der Waals surface area (Å²) in [6.45, 7) is 1.12. The highest BCUT2D eigenvalue weighted by Gasteiger charge is 2.35. The van der Waals surface area contributed by atoms with Crippen LogP contribution in [0.15, 0.2) is 63.8 Å². The summed E-state index contributed by atoms with van der Waals surface area (Å²) >= 11 is 0. The van der Waals surface area contributed by atoms with Gasteiger partial charge in [0.15, 0.2) is 6.67 Å². The van der Waals surface area contributed by atoms with Crippen LogP contribution in [0.4, 0.5) is 10.7 Å². The summed E-state index contributed by atoms with van der Waals surface area (Å²) < 4.78 is 11.4. The Balaban J connectivity index is 1.68. The Morgan fingerprint density at radius 1 is 1.14 bits per heavy atom. The van der Waals surface area contributed by atoms with Crippen LogP contribution in [-0.4, -0.2) is 31.0 Å². The molecule has 0 radical (unpaired) electrons. The molecule has 0 bridgehead atoms. The number of ether oxygens (including phenoxy) is 1. The van der Waals surface area contributed by atoms with E-state index in [-0.39, 0.29) is 31.2 Å². The van der Waals surface area contributed by atoms with Crippen molar-refractivity contribution in [3.8, 4) is 0 Å². The maximum atomic E-state index is 13.0. The standard InChI is InChI=1S/C21H20N2O5/c24-11-10-22-12-17-19(25)16-8-4-5-9-18(16)28-20(17)23(14-22)21(26)27-13-15-6-2-1-3-7-15/h1-9,24H,10-14H2/p+1. The van der Waals surface area contributed by atoms with Gasteiger partial charge in [-0.15, -0.1) is 0 Å². The zero-order chi connectivity index (χ0) is 19.5. The predicted molar refractivity (Wildman–Crippen MR) is 103 cm³/mol. The number of fused-ring (bicyclic) bond motifs is 2. The summed E-state index contributed by atoms with van der Waals surface area (Å²) in [6, 6.07) is 16.3. The van der Waals surface area contributed by atoms with Crippen LogP contribution < -0.4 is 15.2 Å².